The van der Waals surface area contributed by atoms with Gasteiger partial charge in [-0.1, -0.05) is 12.1 Å². The topological polar surface area (TPSA) is 78.7 Å². The van der Waals surface area contributed by atoms with Crippen LogP contribution in [0.1, 0.15) is 10.4 Å². The third-order valence-electron chi connectivity index (χ3n) is 3.10. The van der Waals surface area contributed by atoms with Crippen molar-refractivity contribution in [3.63, 3.8) is 0 Å². The van der Waals surface area contributed by atoms with Gasteiger partial charge in [-0.25, -0.2) is 0 Å². The molecule has 0 bridgehead atoms. The molecule has 6 nitrogen and oxygen atoms in total. The highest BCUT2D eigenvalue weighted by molar-refractivity contribution is 8.00. The second kappa shape index (κ2) is 7.64. The fourth-order valence-electron chi connectivity index (χ4n) is 1.93. The number of hydrogen-bond acceptors (Lipinski definition) is 6. The number of ether oxygens (including phenoxy) is 2. The summed E-state index contributed by atoms with van der Waals surface area (Å²) in [4.78, 5) is 23.3. The summed E-state index contributed by atoms with van der Waals surface area (Å²) in [5.41, 5.74) is 0.235. The Hall–Kier alpha value is -2.54. The van der Waals surface area contributed by atoms with Gasteiger partial charge in [0.05, 0.1) is 24.9 Å². The van der Waals surface area contributed by atoms with E-state index in [1.165, 1.54) is 30.0 Å². The van der Waals surface area contributed by atoms with Crippen molar-refractivity contribution in [2.45, 2.75) is 4.90 Å². The number of methoxy groups -OCH3 is 2. The van der Waals surface area contributed by atoms with E-state index in [-0.39, 0.29) is 17.2 Å². The molecule has 0 N–H and O–H groups in total. The lowest BCUT2D eigenvalue weighted by Gasteiger charge is -2.09. The summed E-state index contributed by atoms with van der Waals surface area (Å²) < 4.78 is 10.4. The Morgan fingerprint density at radius 1 is 1.13 bits per heavy atom. The van der Waals surface area contributed by atoms with Crippen LogP contribution in [0.25, 0.3) is 0 Å². The maximum Gasteiger partial charge on any atom is 0.270 e. The lowest BCUT2D eigenvalue weighted by Crippen LogP contribution is -2.03. The van der Waals surface area contributed by atoms with Crippen molar-refractivity contribution in [2.75, 3.05) is 20.0 Å². The van der Waals surface area contributed by atoms with E-state index in [1.807, 2.05) is 6.07 Å². The zero-order valence-electron chi connectivity index (χ0n) is 12.6. The number of rotatable bonds is 7. The molecule has 0 saturated carbocycles. The largest absolute Gasteiger partial charge is 0.493 e. The SMILES string of the molecule is COc1ccc(SCC(=O)c2cccc([N+](=O)[O-])c2)cc1OC. The second-order valence-electron chi connectivity index (χ2n) is 4.54. The first-order chi connectivity index (χ1) is 11.0. The molecule has 0 saturated heterocycles. The molecule has 0 amide bonds. The Morgan fingerprint density at radius 2 is 1.87 bits per heavy atom. The third-order valence-corrected chi connectivity index (χ3v) is 4.10. The van der Waals surface area contributed by atoms with Crippen LogP contribution in [0.3, 0.4) is 0 Å². The van der Waals surface area contributed by atoms with Gasteiger partial charge in [0.1, 0.15) is 0 Å². The van der Waals surface area contributed by atoms with Crippen LogP contribution < -0.4 is 9.47 Å². The minimum absolute atomic E-state index is 0.0908. The predicted molar refractivity (Wildman–Crippen MR) is 87.7 cm³/mol. The number of benzene rings is 2. The number of nitro benzene ring substituents is 1. The molecule has 0 aliphatic rings. The third kappa shape index (κ3) is 4.23. The molecule has 0 unspecified atom stereocenters. The minimum atomic E-state index is -0.516. The van der Waals surface area contributed by atoms with E-state index in [2.05, 4.69) is 0 Å². The lowest BCUT2D eigenvalue weighted by molar-refractivity contribution is -0.384. The predicted octanol–water partition coefficient (Wildman–Crippen LogP) is 3.59. The Labute approximate surface area is 137 Å². The molecule has 0 spiro atoms. The molecule has 0 radical (unpaired) electrons. The van der Waals surface area contributed by atoms with Crippen molar-refractivity contribution in [3.8, 4) is 11.5 Å². The molecular weight excluding hydrogens is 318 g/mol. The molecule has 2 aromatic carbocycles. The Kier molecular flexibility index (Phi) is 5.59. The number of carbonyl (C=O) groups excluding carboxylic acids is 1. The number of ketones is 1. The quantitative estimate of drug-likeness (QED) is 0.333. The Bertz CT molecular complexity index is 732. The summed E-state index contributed by atoms with van der Waals surface area (Å²) in [6, 6.07) is 11.1. The van der Waals surface area contributed by atoms with E-state index >= 15 is 0 Å². The molecule has 23 heavy (non-hydrogen) atoms. The van der Waals surface area contributed by atoms with Crippen molar-refractivity contribution in [1.82, 2.24) is 0 Å². The Morgan fingerprint density at radius 3 is 2.52 bits per heavy atom. The smallest absolute Gasteiger partial charge is 0.270 e. The molecule has 7 heteroatoms. The molecule has 0 atom stereocenters. The van der Waals surface area contributed by atoms with Gasteiger partial charge in [-0.15, -0.1) is 11.8 Å². The van der Waals surface area contributed by atoms with Gasteiger partial charge in [0, 0.05) is 22.6 Å². The maximum absolute atomic E-state index is 12.2. The summed E-state index contributed by atoms with van der Waals surface area (Å²) in [7, 11) is 3.09. The van der Waals surface area contributed by atoms with Crippen molar-refractivity contribution in [3.05, 3.63) is 58.1 Å². The van der Waals surface area contributed by atoms with E-state index in [9.17, 15) is 14.9 Å². The van der Waals surface area contributed by atoms with E-state index in [4.69, 9.17) is 9.47 Å². The van der Waals surface area contributed by atoms with Crippen molar-refractivity contribution in [2.24, 2.45) is 0 Å². The van der Waals surface area contributed by atoms with Gasteiger partial charge in [0.2, 0.25) is 0 Å². The maximum atomic E-state index is 12.2. The average molecular weight is 333 g/mol. The number of thioether (sulfide) groups is 1. The van der Waals surface area contributed by atoms with Crippen LogP contribution in [0, 0.1) is 10.1 Å². The summed E-state index contributed by atoms with van der Waals surface area (Å²) in [6.45, 7) is 0. The van der Waals surface area contributed by atoms with Crippen molar-refractivity contribution < 1.29 is 19.2 Å². The van der Waals surface area contributed by atoms with E-state index in [0.29, 0.717) is 17.1 Å². The second-order valence-corrected chi connectivity index (χ2v) is 5.58. The summed E-state index contributed by atoms with van der Waals surface area (Å²) in [6.07, 6.45) is 0. The van der Waals surface area contributed by atoms with Gasteiger partial charge in [-0.3, -0.25) is 14.9 Å². The van der Waals surface area contributed by atoms with Crippen LogP contribution in [0.4, 0.5) is 5.69 Å². The molecule has 2 rings (SSSR count). The molecule has 120 valence electrons. The van der Waals surface area contributed by atoms with Gasteiger partial charge >= 0.3 is 0 Å². The molecule has 0 aliphatic carbocycles. The van der Waals surface area contributed by atoms with Crippen LogP contribution >= 0.6 is 11.8 Å². The molecule has 2 aromatic rings. The van der Waals surface area contributed by atoms with Crippen molar-refractivity contribution in [1.29, 1.82) is 0 Å². The monoisotopic (exact) mass is 333 g/mol. The van der Waals surface area contributed by atoms with Gasteiger partial charge in [0.25, 0.3) is 5.69 Å². The number of carbonyl (C=O) groups is 1. The fraction of sp³-hybridized carbons (Fsp3) is 0.188. The zero-order chi connectivity index (χ0) is 16.8. The van der Waals surface area contributed by atoms with Gasteiger partial charge < -0.3 is 9.47 Å². The minimum Gasteiger partial charge on any atom is -0.493 e. The molecule has 0 aliphatic heterocycles. The van der Waals surface area contributed by atoms with E-state index in [0.717, 1.165) is 4.90 Å². The standard InChI is InChI=1S/C16H15NO5S/c1-21-15-7-6-13(9-16(15)22-2)23-10-14(18)11-4-3-5-12(8-11)17(19)20/h3-9H,10H2,1-2H3. The summed E-state index contributed by atoms with van der Waals surface area (Å²) in [5.74, 6) is 1.20. The molecule has 0 aromatic heterocycles. The molecular formula is C16H15NO5S. The van der Waals surface area contributed by atoms with Gasteiger partial charge in [-0.2, -0.15) is 0 Å². The average Bonchev–Trinajstić information content (AvgIpc) is 2.59. The number of Topliss-reactive ketones (excluding diaryl/α,β-unsaturated/α-hetero) is 1. The number of hydrogen-bond donors (Lipinski definition) is 0. The van der Waals surface area contributed by atoms with Crippen LogP contribution in [-0.2, 0) is 0 Å². The number of nitrogens with zero attached hydrogens (tertiary/aromatic N) is 1. The first kappa shape index (κ1) is 16.8. The highest BCUT2D eigenvalue weighted by Gasteiger charge is 2.12. The lowest BCUT2D eigenvalue weighted by atomic mass is 10.1. The summed E-state index contributed by atoms with van der Waals surface area (Å²) >= 11 is 1.33. The van der Waals surface area contributed by atoms with Crippen LogP contribution in [0.2, 0.25) is 0 Å². The van der Waals surface area contributed by atoms with E-state index < -0.39 is 4.92 Å². The van der Waals surface area contributed by atoms with Crippen LogP contribution in [0.15, 0.2) is 47.4 Å². The molecule has 0 fully saturated rings. The first-order valence-corrected chi connectivity index (χ1v) is 7.66. The van der Waals surface area contributed by atoms with Crippen LogP contribution in [0.5, 0.6) is 11.5 Å². The Balaban J connectivity index is 2.07. The zero-order valence-corrected chi connectivity index (χ0v) is 13.5. The number of nitro groups is 1. The highest BCUT2D eigenvalue weighted by atomic mass is 32.2. The first-order valence-electron chi connectivity index (χ1n) is 6.67. The van der Waals surface area contributed by atoms with Gasteiger partial charge in [0.15, 0.2) is 17.3 Å². The van der Waals surface area contributed by atoms with Crippen LogP contribution in [-0.4, -0.2) is 30.7 Å². The van der Waals surface area contributed by atoms with Crippen molar-refractivity contribution >= 4 is 23.2 Å². The number of non-ortho nitro benzene ring substituents is 1. The normalized spacial score (nSPS) is 10.2. The fourth-order valence-corrected chi connectivity index (χ4v) is 2.75. The van der Waals surface area contributed by atoms with E-state index in [1.54, 1.807) is 32.4 Å². The molecule has 0 heterocycles. The summed E-state index contributed by atoms with van der Waals surface area (Å²) in [5, 5.41) is 10.7. The van der Waals surface area contributed by atoms with Gasteiger partial charge in [-0.05, 0) is 18.2 Å². The highest BCUT2D eigenvalue weighted by Crippen LogP contribution is 2.32.